The Hall–Kier alpha value is -6.72. The molecule has 0 aliphatic carbocycles. The number of likely N-dealkylation sites (tertiary alicyclic amines) is 1. The Balaban J connectivity index is 0.967. The van der Waals surface area contributed by atoms with Crippen molar-refractivity contribution in [3.63, 3.8) is 0 Å². The lowest BCUT2D eigenvalue weighted by atomic mass is 9.97. The van der Waals surface area contributed by atoms with Gasteiger partial charge in [-0.1, -0.05) is 41.4 Å². The molecule has 7 heterocycles. The predicted molar refractivity (Wildman–Crippen MR) is 242 cm³/mol. The minimum atomic E-state index is -0.809. The van der Waals surface area contributed by atoms with Gasteiger partial charge in [-0.05, 0) is 81.0 Å². The van der Waals surface area contributed by atoms with Crippen LogP contribution < -0.4 is 30.9 Å². The molecule has 336 valence electrons. The first-order valence-corrected chi connectivity index (χ1v) is 22.0. The highest BCUT2D eigenvalue weighted by Gasteiger charge is 2.46. The van der Waals surface area contributed by atoms with E-state index in [1.165, 1.54) is 44.2 Å². The molecule has 1 unspecified atom stereocenters. The first kappa shape index (κ1) is 43.5. The second-order valence-electron chi connectivity index (χ2n) is 16.9. The fraction of sp³-hybridized carbons (Fsp3) is 0.348. The summed E-state index contributed by atoms with van der Waals surface area (Å²) in [4.78, 5) is 93.0. The number of fused-ring (bicyclic) bond motifs is 2. The van der Waals surface area contributed by atoms with E-state index in [9.17, 15) is 28.8 Å². The van der Waals surface area contributed by atoms with E-state index in [-0.39, 0.29) is 64.6 Å². The zero-order chi connectivity index (χ0) is 46.0. The predicted octanol–water partition coefficient (Wildman–Crippen LogP) is 5.85. The number of para-hydroxylation sites is 1. The second-order valence-corrected chi connectivity index (χ2v) is 17.7. The lowest BCUT2D eigenvalue weighted by molar-refractivity contribution is -0.135. The molecule has 17 nitrogen and oxygen atoms in total. The number of nitrogens with zero attached hydrogens (tertiary/aromatic N) is 8. The number of carbonyl (C=O) groups excluding carboxylic acids is 4. The summed E-state index contributed by atoms with van der Waals surface area (Å²) in [5.74, 6) is -0.427. The van der Waals surface area contributed by atoms with Gasteiger partial charge in [0.05, 0.1) is 41.1 Å². The molecule has 4 aromatic heterocycles. The van der Waals surface area contributed by atoms with Crippen LogP contribution in [0.1, 0.15) is 89.8 Å². The van der Waals surface area contributed by atoms with Crippen molar-refractivity contribution in [1.82, 2.24) is 38.5 Å². The number of anilines is 1. The molecule has 2 aromatic carbocycles. The summed E-state index contributed by atoms with van der Waals surface area (Å²) in [6, 6.07) is 13.7. The summed E-state index contributed by atoms with van der Waals surface area (Å²) in [5, 5.41) is 3.11. The second kappa shape index (κ2) is 17.0. The van der Waals surface area contributed by atoms with Crippen molar-refractivity contribution in [2.75, 3.05) is 31.7 Å². The Bertz CT molecular complexity index is 3050. The number of piperidine rings is 2. The van der Waals surface area contributed by atoms with Gasteiger partial charge in [-0.25, -0.2) is 14.8 Å². The van der Waals surface area contributed by atoms with Crippen LogP contribution >= 0.6 is 23.2 Å². The molecule has 9 rings (SSSR count). The molecule has 4 amide bonds. The van der Waals surface area contributed by atoms with Gasteiger partial charge in [0, 0.05) is 57.1 Å². The monoisotopic (exact) mass is 921 g/mol. The Morgan fingerprint density at radius 1 is 0.954 bits per heavy atom. The van der Waals surface area contributed by atoms with Crippen molar-refractivity contribution >= 4 is 63.6 Å². The Labute approximate surface area is 382 Å². The van der Waals surface area contributed by atoms with E-state index in [0.29, 0.717) is 82.6 Å². The first-order valence-electron chi connectivity index (χ1n) is 21.2. The molecule has 1 N–H and O–H groups in total. The van der Waals surface area contributed by atoms with Crippen LogP contribution in [0.3, 0.4) is 0 Å². The third-order valence-corrected chi connectivity index (χ3v) is 12.9. The summed E-state index contributed by atoms with van der Waals surface area (Å²) in [7, 11) is 4.67. The zero-order valence-corrected chi connectivity index (χ0v) is 37.7. The molecular weight excluding hydrogens is 877 g/mol. The van der Waals surface area contributed by atoms with Crippen molar-refractivity contribution in [3.8, 4) is 23.0 Å². The van der Waals surface area contributed by atoms with Crippen LogP contribution in [0.2, 0.25) is 10.0 Å². The van der Waals surface area contributed by atoms with Gasteiger partial charge in [-0.2, -0.15) is 0 Å². The number of pyridine rings is 2. The Morgan fingerprint density at radius 3 is 2.38 bits per heavy atom. The number of ether oxygens (including phenoxy) is 2. The number of rotatable bonds is 10. The third-order valence-electron chi connectivity index (χ3n) is 12.5. The topological polar surface area (TPSA) is 185 Å². The maximum absolute atomic E-state index is 14.6. The zero-order valence-electron chi connectivity index (χ0n) is 36.2. The maximum Gasteiger partial charge on any atom is 0.329 e. The lowest BCUT2D eigenvalue weighted by Crippen LogP contribution is -2.44. The standard InChI is InChI=1S/C46H45Cl2N9O8/c1-24(2)55-39-36(45(62)57(33-20-29(48)22-52(3)44(33)61)37(39)26-9-11-28(47)12-10-26)51-40(55)30-19-27(21-49-42(30)64-5)43(60)54-17-15-25(16-18-54)23-65-34-8-6-7-31-38(34)53(4)46(63)56(31)32-13-14-35(58)50-41(32)59/h6-12,19-22,24-25,32,37H,13-18,23H2,1-5H3,(H,50,58,59)/t32?,37-/m0/s1. The lowest BCUT2D eigenvalue weighted by Gasteiger charge is -2.32. The fourth-order valence-corrected chi connectivity index (χ4v) is 9.67. The Morgan fingerprint density at radius 2 is 1.69 bits per heavy atom. The first-order chi connectivity index (χ1) is 31.2. The van der Waals surface area contributed by atoms with E-state index in [0.717, 1.165) is 0 Å². The van der Waals surface area contributed by atoms with Gasteiger partial charge in [-0.3, -0.25) is 43.3 Å². The minimum absolute atomic E-state index is 0.0908. The average molecular weight is 923 g/mol. The molecule has 0 radical (unpaired) electrons. The molecule has 2 fully saturated rings. The number of hydrogen-bond donors (Lipinski definition) is 1. The molecule has 3 aliphatic rings. The fourth-order valence-electron chi connectivity index (χ4n) is 9.29. The highest BCUT2D eigenvalue weighted by molar-refractivity contribution is 6.31. The van der Waals surface area contributed by atoms with Crippen LogP contribution in [0.5, 0.6) is 11.6 Å². The highest BCUT2D eigenvalue weighted by atomic mass is 35.5. The number of aromatic nitrogens is 6. The smallest absolute Gasteiger partial charge is 0.329 e. The molecule has 6 aromatic rings. The van der Waals surface area contributed by atoms with Crippen molar-refractivity contribution in [1.29, 1.82) is 0 Å². The van der Waals surface area contributed by atoms with Gasteiger partial charge in [0.15, 0.2) is 5.69 Å². The van der Waals surface area contributed by atoms with E-state index >= 15 is 0 Å². The van der Waals surface area contributed by atoms with Gasteiger partial charge in [0.25, 0.3) is 17.4 Å². The molecule has 0 saturated carbocycles. The molecule has 2 saturated heterocycles. The molecule has 65 heavy (non-hydrogen) atoms. The molecule has 0 bridgehead atoms. The molecular formula is C46H45Cl2N9O8. The van der Waals surface area contributed by atoms with Crippen molar-refractivity contribution in [2.24, 2.45) is 20.0 Å². The van der Waals surface area contributed by atoms with E-state index in [4.69, 9.17) is 37.7 Å². The number of nitrogens with one attached hydrogen (secondary N) is 1. The molecule has 2 atom stereocenters. The minimum Gasteiger partial charge on any atom is -0.491 e. The van der Waals surface area contributed by atoms with E-state index in [1.54, 1.807) is 67.5 Å². The molecule has 19 heteroatoms. The number of benzene rings is 2. The summed E-state index contributed by atoms with van der Waals surface area (Å²) in [5.41, 5.74) is 2.46. The van der Waals surface area contributed by atoms with Crippen molar-refractivity contribution in [3.05, 3.63) is 120 Å². The quantitative estimate of drug-likeness (QED) is 0.164. The van der Waals surface area contributed by atoms with Gasteiger partial charge >= 0.3 is 5.69 Å². The third kappa shape index (κ3) is 7.55. The number of imidazole rings is 2. The molecule has 3 aliphatic heterocycles. The van der Waals surface area contributed by atoms with Gasteiger partial charge in [0.2, 0.25) is 17.7 Å². The summed E-state index contributed by atoms with van der Waals surface area (Å²) in [6.07, 6.45) is 4.63. The van der Waals surface area contributed by atoms with Crippen LogP contribution in [0.4, 0.5) is 5.69 Å². The normalized spacial score (nSPS) is 17.9. The molecule has 0 spiro atoms. The highest BCUT2D eigenvalue weighted by Crippen LogP contribution is 2.45. The van der Waals surface area contributed by atoms with Crippen LogP contribution in [0.25, 0.3) is 22.4 Å². The number of methoxy groups -OCH3 is 1. The van der Waals surface area contributed by atoms with E-state index in [2.05, 4.69) is 10.3 Å². The number of imide groups is 1. The van der Waals surface area contributed by atoms with Crippen LogP contribution in [0.15, 0.2) is 76.6 Å². The number of hydrogen-bond acceptors (Lipinski definition) is 10. The average Bonchev–Trinajstić information content (AvgIpc) is 3.90. The van der Waals surface area contributed by atoms with E-state index < -0.39 is 29.5 Å². The van der Waals surface area contributed by atoms with E-state index in [1.807, 2.05) is 18.4 Å². The summed E-state index contributed by atoms with van der Waals surface area (Å²) in [6.45, 7) is 5.16. The van der Waals surface area contributed by atoms with Gasteiger partial charge < -0.3 is 23.5 Å². The number of halogens is 2. The Kier molecular flexibility index (Phi) is 11.4. The van der Waals surface area contributed by atoms with Crippen LogP contribution in [-0.4, -0.2) is 83.6 Å². The van der Waals surface area contributed by atoms with Gasteiger partial charge in [0.1, 0.15) is 34.9 Å². The van der Waals surface area contributed by atoms with Gasteiger partial charge in [-0.15, -0.1) is 0 Å². The largest absolute Gasteiger partial charge is 0.491 e. The SMILES string of the molecule is COc1ncc(C(=O)N2CCC(COc3cccc4c3n(C)c(=O)n4C3CCC(=O)NC3=O)CC2)cc1-c1nc2c(n1C(C)C)[C@H](c1ccc(Cl)cc1)N(c1cc(Cl)cn(C)c1=O)C2=O. The summed E-state index contributed by atoms with van der Waals surface area (Å²) < 4.78 is 18.2. The van der Waals surface area contributed by atoms with Crippen molar-refractivity contribution < 1.29 is 28.7 Å². The van der Waals surface area contributed by atoms with Crippen LogP contribution in [0, 0.1) is 5.92 Å². The number of aryl methyl sites for hydroxylation is 2. The van der Waals surface area contributed by atoms with Crippen LogP contribution in [-0.2, 0) is 23.7 Å². The number of carbonyl (C=O) groups is 4. The van der Waals surface area contributed by atoms with Crippen molar-refractivity contribution in [2.45, 2.75) is 57.7 Å². The maximum atomic E-state index is 14.6. The number of amides is 4. The summed E-state index contributed by atoms with van der Waals surface area (Å²) >= 11 is 12.8.